The van der Waals surface area contributed by atoms with Gasteiger partial charge in [-0.3, -0.25) is 4.40 Å². The van der Waals surface area contributed by atoms with E-state index in [1.807, 2.05) is 0 Å². The maximum atomic E-state index is 4.65. The molecular formula is C13H22N4S. The maximum Gasteiger partial charge on any atom is 0.193 e. The highest BCUT2D eigenvalue weighted by molar-refractivity contribution is 7.15. The van der Waals surface area contributed by atoms with Gasteiger partial charge in [0.2, 0.25) is 0 Å². The Kier molecular flexibility index (Phi) is 4.74. The van der Waals surface area contributed by atoms with Crippen molar-refractivity contribution < 1.29 is 0 Å². The molecule has 0 amide bonds. The SMILES string of the molecule is CCCNC(Cc1cn2ccsc2n1)CN(C)C. The molecule has 5 heteroatoms. The lowest BCUT2D eigenvalue weighted by atomic mass is 10.1. The van der Waals surface area contributed by atoms with Gasteiger partial charge in [-0.2, -0.15) is 0 Å². The van der Waals surface area contributed by atoms with E-state index in [-0.39, 0.29) is 0 Å². The van der Waals surface area contributed by atoms with E-state index in [4.69, 9.17) is 0 Å². The summed E-state index contributed by atoms with van der Waals surface area (Å²) < 4.78 is 2.10. The monoisotopic (exact) mass is 266 g/mol. The molecule has 0 saturated carbocycles. The van der Waals surface area contributed by atoms with Crippen molar-refractivity contribution in [2.24, 2.45) is 0 Å². The van der Waals surface area contributed by atoms with Crippen LogP contribution in [-0.4, -0.2) is 47.5 Å². The van der Waals surface area contributed by atoms with Crippen molar-refractivity contribution >= 4 is 16.3 Å². The van der Waals surface area contributed by atoms with Gasteiger partial charge in [0, 0.05) is 36.8 Å². The number of fused-ring (bicyclic) bond motifs is 1. The molecule has 0 saturated heterocycles. The second kappa shape index (κ2) is 6.31. The highest BCUT2D eigenvalue weighted by Gasteiger charge is 2.12. The molecule has 0 aliphatic carbocycles. The Hall–Kier alpha value is -0.910. The number of nitrogens with one attached hydrogen (secondary N) is 1. The zero-order valence-electron chi connectivity index (χ0n) is 11.4. The van der Waals surface area contributed by atoms with Crippen molar-refractivity contribution in [1.82, 2.24) is 19.6 Å². The van der Waals surface area contributed by atoms with E-state index in [0.29, 0.717) is 6.04 Å². The van der Waals surface area contributed by atoms with Crippen LogP contribution in [-0.2, 0) is 6.42 Å². The first-order valence-corrected chi connectivity index (χ1v) is 7.36. The van der Waals surface area contributed by atoms with Gasteiger partial charge in [-0.25, -0.2) is 4.98 Å². The number of hydrogen-bond acceptors (Lipinski definition) is 4. The highest BCUT2D eigenvalue weighted by atomic mass is 32.1. The summed E-state index contributed by atoms with van der Waals surface area (Å²) in [6, 6.07) is 0.476. The summed E-state index contributed by atoms with van der Waals surface area (Å²) in [7, 11) is 4.23. The number of thiazole rings is 1. The predicted octanol–water partition coefficient (Wildman–Crippen LogP) is 1.87. The van der Waals surface area contributed by atoms with E-state index in [9.17, 15) is 0 Å². The van der Waals surface area contributed by atoms with Crippen molar-refractivity contribution in [3.63, 3.8) is 0 Å². The molecule has 1 N–H and O–H groups in total. The van der Waals surface area contributed by atoms with Crippen molar-refractivity contribution in [2.75, 3.05) is 27.2 Å². The summed E-state index contributed by atoms with van der Waals surface area (Å²) in [5.74, 6) is 0. The molecule has 18 heavy (non-hydrogen) atoms. The van der Waals surface area contributed by atoms with Crippen LogP contribution in [0.25, 0.3) is 4.96 Å². The van der Waals surface area contributed by atoms with Crippen LogP contribution >= 0.6 is 11.3 Å². The fraction of sp³-hybridized carbons (Fsp3) is 0.615. The first-order chi connectivity index (χ1) is 8.69. The largest absolute Gasteiger partial charge is 0.312 e. The lowest BCUT2D eigenvalue weighted by Crippen LogP contribution is -2.40. The Morgan fingerprint density at radius 1 is 1.50 bits per heavy atom. The molecule has 4 nitrogen and oxygen atoms in total. The number of hydrogen-bond donors (Lipinski definition) is 1. The van der Waals surface area contributed by atoms with Crippen LogP contribution in [0.2, 0.25) is 0 Å². The molecule has 0 bridgehead atoms. The third kappa shape index (κ3) is 3.54. The smallest absolute Gasteiger partial charge is 0.193 e. The minimum absolute atomic E-state index is 0.476. The molecule has 2 heterocycles. The van der Waals surface area contributed by atoms with E-state index >= 15 is 0 Å². The first-order valence-electron chi connectivity index (χ1n) is 6.48. The summed E-state index contributed by atoms with van der Waals surface area (Å²) in [5, 5.41) is 5.67. The Morgan fingerprint density at radius 3 is 3.00 bits per heavy atom. The van der Waals surface area contributed by atoms with E-state index in [1.165, 1.54) is 12.1 Å². The average molecular weight is 266 g/mol. The Morgan fingerprint density at radius 2 is 2.33 bits per heavy atom. The molecule has 0 aliphatic rings. The van der Waals surface area contributed by atoms with Crippen LogP contribution in [0, 0.1) is 0 Å². The first kappa shape index (κ1) is 13.5. The molecule has 0 aromatic carbocycles. The number of nitrogens with zero attached hydrogens (tertiary/aromatic N) is 3. The van der Waals surface area contributed by atoms with Gasteiger partial charge in [0.1, 0.15) is 0 Å². The average Bonchev–Trinajstić information content (AvgIpc) is 2.85. The van der Waals surface area contributed by atoms with Gasteiger partial charge in [-0.15, -0.1) is 11.3 Å². The third-order valence-corrected chi connectivity index (χ3v) is 3.64. The van der Waals surface area contributed by atoms with Crippen LogP contribution in [0.3, 0.4) is 0 Å². The minimum Gasteiger partial charge on any atom is -0.312 e. The molecule has 2 aromatic rings. The summed E-state index contributed by atoms with van der Waals surface area (Å²) in [6.45, 7) is 4.32. The van der Waals surface area contributed by atoms with Crippen molar-refractivity contribution in [1.29, 1.82) is 0 Å². The number of aromatic nitrogens is 2. The molecular weight excluding hydrogens is 244 g/mol. The van der Waals surface area contributed by atoms with E-state index in [2.05, 4.69) is 58.4 Å². The lowest BCUT2D eigenvalue weighted by molar-refractivity contribution is 0.335. The fourth-order valence-electron chi connectivity index (χ4n) is 2.12. The van der Waals surface area contributed by atoms with Crippen LogP contribution in [0.5, 0.6) is 0 Å². The second-order valence-electron chi connectivity index (χ2n) is 4.94. The van der Waals surface area contributed by atoms with E-state index in [0.717, 1.165) is 24.5 Å². The summed E-state index contributed by atoms with van der Waals surface area (Å²) in [5.41, 5.74) is 1.18. The molecule has 0 spiro atoms. The van der Waals surface area contributed by atoms with Crippen LogP contribution in [0.4, 0.5) is 0 Å². The van der Waals surface area contributed by atoms with Crippen molar-refractivity contribution in [2.45, 2.75) is 25.8 Å². The minimum atomic E-state index is 0.476. The standard InChI is InChI=1S/C13H22N4S/c1-4-5-14-11(9-16(2)3)8-12-10-17-6-7-18-13(17)15-12/h6-7,10-11,14H,4-5,8-9H2,1-3H3. The molecule has 0 radical (unpaired) electrons. The lowest BCUT2D eigenvalue weighted by Gasteiger charge is -2.21. The molecule has 2 aromatic heterocycles. The van der Waals surface area contributed by atoms with Crippen molar-refractivity contribution in [3.05, 3.63) is 23.5 Å². The highest BCUT2D eigenvalue weighted by Crippen LogP contribution is 2.12. The Balaban J connectivity index is 2.00. The molecule has 1 unspecified atom stereocenters. The van der Waals surface area contributed by atoms with Gasteiger partial charge < -0.3 is 10.2 Å². The van der Waals surface area contributed by atoms with E-state index < -0.39 is 0 Å². The quantitative estimate of drug-likeness (QED) is 0.830. The molecule has 2 rings (SSSR count). The number of likely N-dealkylation sites (N-methyl/N-ethyl adjacent to an activating group) is 1. The van der Waals surface area contributed by atoms with Gasteiger partial charge >= 0.3 is 0 Å². The zero-order chi connectivity index (χ0) is 13.0. The van der Waals surface area contributed by atoms with Crippen LogP contribution in [0.1, 0.15) is 19.0 Å². The predicted molar refractivity (Wildman–Crippen MR) is 77.4 cm³/mol. The molecule has 0 aliphatic heterocycles. The number of imidazole rings is 1. The molecule has 100 valence electrons. The van der Waals surface area contributed by atoms with Gasteiger partial charge in [0.05, 0.1) is 5.69 Å². The van der Waals surface area contributed by atoms with Gasteiger partial charge in [0.15, 0.2) is 4.96 Å². The summed E-state index contributed by atoms with van der Waals surface area (Å²) >= 11 is 1.69. The maximum absolute atomic E-state index is 4.65. The van der Waals surface area contributed by atoms with Crippen molar-refractivity contribution in [3.8, 4) is 0 Å². The summed E-state index contributed by atoms with van der Waals surface area (Å²) in [6.07, 6.45) is 6.37. The van der Waals surface area contributed by atoms with Gasteiger partial charge in [-0.05, 0) is 27.1 Å². The van der Waals surface area contributed by atoms with Crippen LogP contribution in [0.15, 0.2) is 17.8 Å². The normalized spacial score (nSPS) is 13.6. The van der Waals surface area contributed by atoms with Gasteiger partial charge in [-0.1, -0.05) is 6.92 Å². The molecule has 0 fully saturated rings. The van der Waals surface area contributed by atoms with Gasteiger partial charge in [0.25, 0.3) is 0 Å². The summed E-state index contributed by atoms with van der Waals surface area (Å²) in [4.78, 5) is 7.97. The van der Waals surface area contributed by atoms with E-state index in [1.54, 1.807) is 11.3 Å². The second-order valence-corrected chi connectivity index (χ2v) is 5.82. The Labute approximate surface area is 113 Å². The zero-order valence-corrected chi connectivity index (χ0v) is 12.2. The number of rotatable bonds is 7. The van der Waals surface area contributed by atoms with Crippen LogP contribution < -0.4 is 5.32 Å². The molecule has 1 atom stereocenters. The third-order valence-electron chi connectivity index (χ3n) is 2.87. The topological polar surface area (TPSA) is 32.6 Å². The Bertz CT molecular complexity index is 445. The fourth-order valence-corrected chi connectivity index (χ4v) is 2.84.